The average Bonchev–Trinajstić information content (AvgIpc) is 3.83. The number of nitrogens with one attached hydrogen (secondary N) is 2. The van der Waals surface area contributed by atoms with Crippen LogP contribution in [0, 0.1) is 0 Å². The van der Waals surface area contributed by atoms with Crippen LogP contribution in [0.3, 0.4) is 0 Å². The Labute approximate surface area is 405 Å². The van der Waals surface area contributed by atoms with Crippen molar-refractivity contribution < 1.29 is 56.8 Å². The van der Waals surface area contributed by atoms with E-state index in [1.165, 1.54) is 32.4 Å². The van der Waals surface area contributed by atoms with Crippen molar-refractivity contribution in [1.82, 2.24) is 9.80 Å². The first-order valence-corrected chi connectivity index (χ1v) is 29.0. The van der Waals surface area contributed by atoms with Gasteiger partial charge in [-0.25, -0.2) is 9.59 Å². The summed E-state index contributed by atoms with van der Waals surface area (Å²) >= 11 is 0. The molecule has 2 aliphatic heterocycles. The van der Waals surface area contributed by atoms with Crippen LogP contribution in [0.4, 0.5) is 21.0 Å². The molecule has 3 N–H and O–H groups in total. The number of rotatable bonds is 22. The minimum atomic E-state index is -2.11. The van der Waals surface area contributed by atoms with Crippen LogP contribution in [0.1, 0.15) is 94.4 Å². The van der Waals surface area contributed by atoms with E-state index in [1.54, 1.807) is 21.9 Å². The molecule has 2 fully saturated rings. The molecular weight excluding hydrogens is 905 g/mol. The molecule has 0 unspecified atom stereocenters. The lowest BCUT2D eigenvalue weighted by molar-refractivity contribution is 0.0680. The molecule has 0 radical (unpaired) electrons. The van der Waals surface area contributed by atoms with Gasteiger partial charge in [-0.1, -0.05) is 78.5 Å². The first-order valence-electron chi connectivity index (χ1n) is 23.2. The molecule has 0 spiro atoms. The van der Waals surface area contributed by atoms with Gasteiger partial charge < -0.3 is 47.4 Å². The number of amides is 4. The van der Waals surface area contributed by atoms with Gasteiger partial charge in [0, 0.05) is 25.2 Å². The third kappa shape index (κ3) is 14.4. The second-order valence-corrected chi connectivity index (χ2v) is 30.1. The van der Waals surface area contributed by atoms with Gasteiger partial charge in [0.2, 0.25) is 0 Å². The number of benzene rings is 2. The van der Waals surface area contributed by atoms with E-state index < -0.39 is 28.8 Å². The van der Waals surface area contributed by atoms with Crippen LogP contribution in [-0.4, -0.2) is 128 Å². The SMILES string of the molecule is C=CCOC(=O)Nc1cc(OCCCCCOc2cc(NC(=O)O)c(C(=O)N3CC(=C)C[C@H]3CO[Si](C)(C)C(C)(C)C)cc2OC)c(OC)cc1C(=O)N1CC(=C)C[C@H]1CO[Si](C)(C)C(C)(C)C. The first kappa shape index (κ1) is 55.3. The van der Waals surface area contributed by atoms with E-state index in [1.807, 2.05) is 0 Å². The van der Waals surface area contributed by atoms with E-state index in [2.05, 4.69) is 98.1 Å². The Bertz CT molecular complexity index is 2180. The fraction of sp³-hybridized carbons (Fsp3) is 0.560. The second kappa shape index (κ2) is 23.3. The molecule has 18 heteroatoms. The lowest BCUT2D eigenvalue weighted by Crippen LogP contribution is -2.46. The summed E-state index contributed by atoms with van der Waals surface area (Å²) in [5, 5.41) is 14.8. The van der Waals surface area contributed by atoms with Gasteiger partial charge in [-0.15, -0.1) is 0 Å². The standard InChI is InChI=1S/C50H76N4O12Si2/c1-16-20-64-48(59)52-40-28-44(42(61-11)26-38(40)46(56)54-30-34(3)24-36(54)32-66-68(14,15)50(7,8)9)63-22-19-17-18-21-62-43-27-39(51-47(57)58)37(25-41(43)60-10)45(55)53-29-33(2)23-35(53)31-65-67(12,13)49(4,5)6/h16,25-28,35-36,51H,1-3,17-24,29-32H2,4-15H3,(H,52,59)(H,57,58)/t35-,36-/m0/s1. The van der Waals surface area contributed by atoms with Crippen molar-refractivity contribution in [3.8, 4) is 23.0 Å². The summed E-state index contributed by atoms with van der Waals surface area (Å²) in [6.45, 7) is 35.5. The molecule has 4 amide bonds. The molecule has 2 aliphatic rings. The molecule has 0 aromatic heterocycles. The molecule has 68 heavy (non-hydrogen) atoms. The predicted octanol–water partition coefficient (Wildman–Crippen LogP) is 10.7. The first-order chi connectivity index (χ1) is 31.7. The number of likely N-dealkylation sites (tertiary alicyclic amines) is 2. The maximum absolute atomic E-state index is 14.4. The van der Waals surface area contributed by atoms with Gasteiger partial charge >= 0.3 is 12.2 Å². The largest absolute Gasteiger partial charge is 0.493 e. The summed E-state index contributed by atoms with van der Waals surface area (Å²) in [5.74, 6) is 0.465. The topological polar surface area (TPSA) is 184 Å². The van der Waals surface area contributed by atoms with Crippen LogP contribution in [0.15, 0.2) is 61.2 Å². The van der Waals surface area contributed by atoms with Gasteiger partial charge in [-0.3, -0.25) is 20.2 Å². The van der Waals surface area contributed by atoms with Crippen molar-refractivity contribution in [2.75, 3.05) is 71.0 Å². The van der Waals surface area contributed by atoms with Gasteiger partial charge in [0.05, 0.1) is 75.2 Å². The Morgan fingerprint density at radius 1 is 0.691 bits per heavy atom. The molecular formula is C50H76N4O12Si2. The van der Waals surface area contributed by atoms with Crippen molar-refractivity contribution in [3.05, 3.63) is 72.4 Å². The average molecular weight is 981 g/mol. The zero-order valence-electron chi connectivity index (χ0n) is 42.5. The molecule has 0 bridgehead atoms. The Morgan fingerprint density at radius 2 is 1.10 bits per heavy atom. The zero-order valence-corrected chi connectivity index (χ0v) is 44.5. The highest BCUT2D eigenvalue weighted by atomic mass is 28.4. The van der Waals surface area contributed by atoms with E-state index in [9.17, 15) is 24.3 Å². The number of anilines is 2. The van der Waals surface area contributed by atoms with Gasteiger partial charge in [0.1, 0.15) is 6.61 Å². The molecule has 2 aromatic carbocycles. The minimum Gasteiger partial charge on any atom is -0.493 e. The van der Waals surface area contributed by atoms with E-state index in [0.717, 1.165) is 11.1 Å². The van der Waals surface area contributed by atoms with Crippen LogP contribution in [0.5, 0.6) is 23.0 Å². The van der Waals surface area contributed by atoms with E-state index in [4.69, 9.17) is 32.5 Å². The fourth-order valence-corrected chi connectivity index (χ4v) is 9.33. The van der Waals surface area contributed by atoms with Crippen LogP contribution >= 0.6 is 0 Å². The molecule has 16 nitrogen and oxygen atoms in total. The summed E-state index contributed by atoms with van der Waals surface area (Å²) in [6.07, 6.45) is 2.39. The Morgan fingerprint density at radius 3 is 1.47 bits per heavy atom. The van der Waals surface area contributed by atoms with E-state index >= 15 is 0 Å². The van der Waals surface area contributed by atoms with Crippen molar-refractivity contribution >= 4 is 52.0 Å². The molecule has 376 valence electrons. The monoisotopic (exact) mass is 980 g/mol. The molecule has 4 rings (SSSR count). The molecule has 2 heterocycles. The molecule has 0 saturated carbocycles. The van der Waals surface area contributed by atoms with Gasteiger partial charge in [0.15, 0.2) is 39.6 Å². The number of ether oxygens (including phenoxy) is 5. The number of hydrogen-bond acceptors (Lipinski definition) is 11. The summed E-state index contributed by atoms with van der Waals surface area (Å²) in [4.78, 5) is 56.7. The maximum atomic E-state index is 14.4. The molecule has 2 atom stereocenters. The number of carbonyl (C=O) groups is 4. The lowest BCUT2D eigenvalue weighted by atomic mass is 10.1. The Balaban J connectivity index is 1.44. The second-order valence-electron chi connectivity index (χ2n) is 20.5. The zero-order chi connectivity index (χ0) is 50.8. The van der Waals surface area contributed by atoms with Crippen LogP contribution in [-0.2, 0) is 13.6 Å². The summed E-state index contributed by atoms with van der Waals surface area (Å²) in [7, 11) is -1.29. The highest BCUT2D eigenvalue weighted by Crippen LogP contribution is 2.41. The van der Waals surface area contributed by atoms with Gasteiger partial charge in [0.25, 0.3) is 11.8 Å². The number of carboxylic acid groups (broad SMARTS) is 1. The molecule has 2 aromatic rings. The predicted molar refractivity (Wildman–Crippen MR) is 271 cm³/mol. The van der Waals surface area contributed by atoms with Crippen molar-refractivity contribution in [1.29, 1.82) is 0 Å². The van der Waals surface area contributed by atoms with Crippen molar-refractivity contribution in [2.24, 2.45) is 0 Å². The number of hydrogen-bond donors (Lipinski definition) is 3. The highest BCUT2D eigenvalue weighted by Gasteiger charge is 2.42. The summed E-state index contributed by atoms with van der Waals surface area (Å²) < 4.78 is 41.9. The van der Waals surface area contributed by atoms with Crippen molar-refractivity contribution in [3.63, 3.8) is 0 Å². The lowest BCUT2D eigenvalue weighted by Gasteiger charge is -2.38. The third-order valence-electron chi connectivity index (χ3n) is 13.3. The van der Waals surface area contributed by atoms with E-state index in [-0.39, 0.29) is 87.8 Å². The Kier molecular flexibility index (Phi) is 19.0. The van der Waals surface area contributed by atoms with Crippen LogP contribution < -0.4 is 29.6 Å². The van der Waals surface area contributed by atoms with Gasteiger partial charge in [-0.05, 0) is 80.5 Å². The van der Waals surface area contributed by atoms with E-state index in [0.29, 0.717) is 69.9 Å². The van der Waals surface area contributed by atoms with Crippen LogP contribution in [0.2, 0.25) is 36.3 Å². The molecule has 2 saturated heterocycles. The molecule has 0 aliphatic carbocycles. The maximum Gasteiger partial charge on any atom is 0.411 e. The van der Waals surface area contributed by atoms with Crippen LogP contribution in [0.25, 0.3) is 0 Å². The highest BCUT2D eigenvalue weighted by molar-refractivity contribution is 6.74. The van der Waals surface area contributed by atoms with Crippen molar-refractivity contribution in [2.45, 2.75) is 122 Å². The number of nitrogens with zero attached hydrogens (tertiary/aromatic N) is 2. The Hall–Kier alpha value is -5.31. The summed E-state index contributed by atoms with van der Waals surface area (Å²) in [6, 6.07) is 5.60. The van der Waals surface area contributed by atoms with Gasteiger partial charge in [-0.2, -0.15) is 0 Å². The fourth-order valence-electron chi connectivity index (χ4n) is 7.25. The smallest absolute Gasteiger partial charge is 0.411 e. The quantitative estimate of drug-likeness (QED) is 0.0577. The minimum absolute atomic E-state index is 0.00785. The third-order valence-corrected chi connectivity index (χ3v) is 22.3. The number of unbranched alkanes of at least 4 members (excludes halogenated alkanes) is 2. The number of carbonyl (C=O) groups excluding carboxylic acids is 3. The summed E-state index contributed by atoms with van der Waals surface area (Å²) in [5.41, 5.74) is 2.37. The number of methoxy groups -OCH3 is 2. The normalized spacial score (nSPS) is 16.6.